The van der Waals surface area contributed by atoms with Gasteiger partial charge in [-0.05, 0) is 38.7 Å². The second-order valence-electron chi connectivity index (χ2n) is 2.66. The molecule has 0 bridgehead atoms. The average molecular weight is 138 g/mol. The van der Waals surface area contributed by atoms with Crippen molar-refractivity contribution in [3.63, 3.8) is 0 Å². The summed E-state index contributed by atoms with van der Waals surface area (Å²) in [4.78, 5) is 0. The fraction of sp³-hybridized carbons (Fsp3) is 0.600. The maximum Gasteiger partial charge on any atom is -0.0276 e. The first-order chi connectivity index (χ1) is 4.34. The molecule has 0 unspecified atom stereocenters. The Kier molecular flexibility index (Phi) is 4.10. The third-order valence-electron chi connectivity index (χ3n) is 1.91. The van der Waals surface area contributed by atoms with Crippen LogP contribution in [0.5, 0.6) is 0 Å². The molecule has 0 fully saturated rings. The first kappa shape index (κ1) is 9.48. The zero-order chi connectivity index (χ0) is 6.69. The van der Waals surface area contributed by atoms with Gasteiger partial charge in [0.05, 0.1) is 0 Å². The maximum absolute atomic E-state index is 2.24. The van der Waals surface area contributed by atoms with Crippen LogP contribution in [0, 0.1) is 0 Å². The van der Waals surface area contributed by atoms with Crippen molar-refractivity contribution in [1.82, 2.24) is 0 Å². The van der Waals surface area contributed by atoms with Gasteiger partial charge in [-0.15, -0.1) is 0 Å². The molecular formula is C10H18. The van der Waals surface area contributed by atoms with Gasteiger partial charge in [-0.3, -0.25) is 0 Å². The van der Waals surface area contributed by atoms with Gasteiger partial charge in [-0.2, -0.15) is 0 Å². The second-order valence-corrected chi connectivity index (χ2v) is 2.66. The van der Waals surface area contributed by atoms with E-state index in [9.17, 15) is 0 Å². The van der Waals surface area contributed by atoms with Crippen LogP contribution in [0.1, 0.15) is 40.5 Å². The summed E-state index contributed by atoms with van der Waals surface area (Å²) in [5.74, 6) is 0. The van der Waals surface area contributed by atoms with Gasteiger partial charge in [0.2, 0.25) is 0 Å². The number of hydrogen-bond donors (Lipinski definition) is 0. The molecule has 0 aliphatic heterocycles. The van der Waals surface area contributed by atoms with E-state index in [1.165, 1.54) is 19.3 Å². The fourth-order valence-electron chi connectivity index (χ4n) is 1.34. The maximum atomic E-state index is 2.24. The first-order valence-corrected chi connectivity index (χ1v) is 3.66. The van der Waals surface area contributed by atoms with E-state index in [1.54, 1.807) is 11.1 Å². The summed E-state index contributed by atoms with van der Waals surface area (Å²) >= 11 is 0. The number of rotatable bonds is 1. The van der Waals surface area contributed by atoms with Crippen LogP contribution in [0.4, 0.5) is 0 Å². The predicted molar refractivity (Wildman–Crippen MR) is 48.1 cm³/mol. The Hall–Kier alpha value is -0.520. The zero-order valence-electron chi connectivity index (χ0n) is 6.28. The minimum absolute atomic E-state index is 0. The predicted octanol–water partition coefficient (Wildman–Crippen LogP) is 3.70. The van der Waals surface area contributed by atoms with E-state index < -0.39 is 0 Å². The van der Waals surface area contributed by atoms with Crippen LogP contribution >= 0.6 is 0 Å². The van der Waals surface area contributed by atoms with Crippen molar-refractivity contribution in [2.45, 2.75) is 40.5 Å². The largest absolute Gasteiger partial charge is 0.0874 e. The summed E-state index contributed by atoms with van der Waals surface area (Å²) in [6.45, 7) is 4.32. The Balaban J connectivity index is 0.000000810. The standard InChI is InChI=1S/C9H14.CH4/c1-3-5-9-7-4-6-8(9)2;/h3,5H,4,6-7H2,1-2H3;1H4/b5-3-;. The van der Waals surface area contributed by atoms with Crippen molar-refractivity contribution >= 4 is 0 Å². The van der Waals surface area contributed by atoms with E-state index in [-0.39, 0.29) is 7.43 Å². The van der Waals surface area contributed by atoms with Crippen molar-refractivity contribution in [3.8, 4) is 0 Å². The highest BCUT2D eigenvalue weighted by Crippen LogP contribution is 2.25. The van der Waals surface area contributed by atoms with Gasteiger partial charge in [0.15, 0.2) is 0 Å². The molecule has 0 heterocycles. The van der Waals surface area contributed by atoms with Gasteiger partial charge in [-0.25, -0.2) is 0 Å². The van der Waals surface area contributed by atoms with E-state index in [2.05, 4.69) is 26.0 Å². The summed E-state index contributed by atoms with van der Waals surface area (Å²) in [6, 6.07) is 0. The molecular weight excluding hydrogens is 120 g/mol. The molecule has 1 aliphatic rings. The first-order valence-electron chi connectivity index (χ1n) is 3.66. The molecule has 0 aromatic carbocycles. The molecule has 0 aromatic heterocycles. The van der Waals surface area contributed by atoms with Crippen LogP contribution < -0.4 is 0 Å². The summed E-state index contributed by atoms with van der Waals surface area (Å²) < 4.78 is 0. The minimum atomic E-state index is 0. The summed E-state index contributed by atoms with van der Waals surface area (Å²) in [5.41, 5.74) is 3.16. The van der Waals surface area contributed by atoms with Crippen LogP contribution in [-0.4, -0.2) is 0 Å². The molecule has 0 atom stereocenters. The van der Waals surface area contributed by atoms with Crippen molar-refractivity contribution in [2.24, 2.45) is 0 Å². The topological polar surface area (TPSA) is 0 Å². The Bertz CT molecular complexity index is 149. The molecule has 0 amide bonds. The van der Waals surface area contributed by atoms with E-state index in [0.29, 0.717) is 0 Å². The Labute approximate surface area is 64.6 Å². The van der Waals surface area contributed by atoms with Crippen LogP contribution in [0.25, 0.3) is 0 Å². The lowest BCUT2D eigenvalue weighted by Gasteiger charge is -1.91. The molecule has 0 saturated carbocycles. The fourth-order valence-corrected chi connectivity index (χ4v) is 1.34. The lowest BCUT2D eigenvalue weighted by atomic mass is 10.2. The van der Waals surface area contributed by atoms with Crippen LogP contribution in [0.15, 0.2) is 23.3 Å². The van der Waals surface area contributed by atoms with Crippen molar-refractivity contribution < 1.29 is 0 Å². The number of hydrogen-bond acceptors (Lipinski definition) is 0. The Morgan fingerprint density at radius 2 is 2.00 bits per heavy atom. The lowest BCUT2D eigenvalue weighted by molar-refractivity contribution is 0.899. The van der Waals surface area contributed by atoms with Crippen molar-refractivity contribution in [2.75, 3.05) is 0 Å². The van der Waals surface area contributed by atoms with Gasteiger partial charge >= 0.3 is 0 Å². The summed E-state index contributed by atoms with van der Waals surface area (Å²) in [5, 5.41) is 0. The summed E-state index contributed by atoms with van der Waals surface area (Å²) in [6.07, 6.45) is 8.36. The van der Waals surface area contributed by atoms with Gasteiger partial charge in [0.1, 0.15) is 0 Å². The van der Waals surface area contributed by atoms with Gasteiger partial charge in [0, 0.05) is 0 Å². The van der Waals surface area contributed by atoms with Crippen LogP contribution in [0.3, 0.4) is 0 Å². The average Bonchev–Trinajstić information content (AvgIpc) is 2.18. The third-order valence-corrected chi connectivity index (χ3v) is 1.91. The molecule has 0 heteroatoms. The third kappa shape index (κ3) is 2.02. The highest BCUT2D eigenvalue weighted by molar-refractivity contribution is 5.27. The number of allylic oxidation sites excluding steroid dienone is 4. The van der Waals surface area contributed by atoms with E-state index in [4.69, 9.17) is 0 Å². The molecule has 58 valence electrons. The minimum Gasteiger partial charge on any atom is -0.0874 e. The molecule has 0 radical (unpaired) electrons. The highest BCUT2D eigenvalue weighted by Gasteiger charge is 2.06. The second kappa shape index (κ2) is 4.32. The smallest absolute Gasteiger partial charge is 0.0276 e. The Morgan fingerprint density at radius 3 is 2.40 bits per heavy atom. The molecule has 1 rings (SSSR count). The highest BCUT2D eigenvalue weighted by atomic mass is 14.1. The molecule has 1 aliphatic carbocycles. The van der Waals surface area contributed by atoms with Crippen LogP contribution in [0.2, 0.25) is 0 Å². The Morgan fingerprint density at radius 1 is 1.30 bits per heavy atom. The van der Waals surface area contributed by atoms with E-state index >= 15 is 0 Å². The van der Waals surface area contributed by atoms with Crippen LogP contribution in [-0.2, 0) is 0 Å². The van der Waals surface area contributed by atoms with Crippen molar-refractivity contribution in [1.29, 1.82) is 0 Å². The normalized spacial score (nSPS) is 18.2. The van der Waals surface area contributed by atoms with E-state index in [1.807, 2.05) is 0 Å². The lowest BCUT2D eigenvalue weighted by Crippen LogP contribution is -1.71. The molecule has 0 aromatic rings. The molecule has 0 saturated heterocycles. The quantitative estimate of drug-likeness (QED) is 0.518. The SMILES string of the molecule is C.C/C=C\C1=C(C)CCC1. The summed E-state index contributed by atoms with van der Waals surface area (Å²) in [7, 11) is 0. The van der Waals surface area contributed by atoms with Gasteiger partial charge in [0.25, 0.3) is 0 Å². The van der Waals surface area contributed by atoms with E-state index in [0.717, 1.165) is 0 Å². The zero-order valence-corrected chi connectivity index (χ0v) is 6.28. The van der Waals surface area contributed by atoms with Crippen molar-refractivity contribution in [3.05, 3.63) is 23.3 Å². The monoisotopic (exact) mass is 138 g/mol. The molecule has 0 spiro atoms. The van der Waals surface area contributed by atoms with Gasteiger partial charge in [-0.1, -0.05) is 25.2 Å². The van der Waals surface area contributed by atoms with Gasteiger partial charge < -0.3 is 0 Å². The molecule has 10 heavy (non-hydrogen) atoms. The molecule has 0 N–H and O–H groups in total. The molecule has 0 nitrogen and oxygen atoms in total.